The number of rotatable bonds is 6. The number of carboxylic acid groups (broad SMARTS) is 1. The van der Waals surface area contributed by atoms with Crippen molar-refractivity contribution in [2.75, 3.05) is 0 Å². The third-order valence-electron chi connectivity index (χ3n) is 3.34. The molecule has 0 aliphatic rings. The average molecular weight is 290 g/mol. The third kappa shape index (κ3) is 3.76. The molecule has 0 saturated carbocycles. The number of hydrogen-bond donors (Lipinski definition) is 2. The Morgan fingerprint density at radius 3 is 2.81 bits per heavy atom. The van der Waals surface area contributed by atoms with Crippen molar-refractivity contribution in [3.8, 4) is 0 Å². The minimum absolute atomic E-state index is 0.279. The summed E-state index contributed by atoms with van der Waals surface area (Å²) < 4.78 is 13.7. The fourth-order valence-electron chi connectivity index (χ4n) is 2.32. The molecule has 0 aliphatic carbocycles. The van der Waals surface area contributed by atoms with E-state index < -0.39 is 12.0 Å². The van der Waals surface area contributed by atoms with Crippen LogP contribution in [0.15, 0.2) is 30.5 Å². The highest BCUT2D eigenvalue weighted by Gasteiger charge is 2.18. The van der Waals surface area contributed by atoms with Gasteiger partial charge in [-0.1, -0.05) is 19.9 Å². The first-order valence-electron chi connectivity index (χ1n) is 6.97. The molecule has 1 atom stereocenters. The van der Waals surface area contributed by atoms with Gasteiger partial charge in [-0.2, -0.15) is 0 Å². The number of fused-ring (bicyclic) bond motifs is 1. The Kier molecular flexibility index (Phi) is 4.85. The van der Waals surface area contributed by atoms with Crippen LogP contribution in [0.4, 0.5) is 4.39 Å². The molecule has 2 aromatic rings. The van der Waals surface area contributed by atoms with E-state index in [-0.39, 0.29) is 11.7 Å². The molecule has 2 N–H and O–H groups in total. The Hall–Kier alpha value is -2.01. The van der Waals surface area contributed by atoms with Crippen LogP contribution in [0.2, 0.25) is 0 Å². The molecule has 0 amide bonds. The van der Waals surface area contributed by atoms with Gasteiger partial charge in [-0.05, 0) is 36.1 Å². The van der Waals surface area contributed by atoms with Gasteiger partial charge in [-0.15, -0.1) is 0 Å². The molecule has 0 aliphatic heterocycles. The highest BCUT2D eigenvalue weighted by atomic mass is 19.1. The molecule has 0 fully saturated rings. The van der Waals surface area contributed by atoms with Gasteiger partial charge in [0.15, 0.2) is 0 Å². The number of carbonyl (C=O) groups is 1. The molecule has 5 heteroatoms. The van der Waals surface area contributed by atoms with Gasteiger partial charge in [-0.3, -0.25) is 9.78 Å². The number of nitrogens with zero attached hydrogens (tertiary/aromatic N) is 1. The fraction of sp³-hybridized carbons (Fsp3) is 0.375. The van der Waals surface area contributed by atoms with Gasteiger partial charge in [0.1, 0.15) is 11.9 Å². The lowest BCUT2D eigenvalue weighted by atomic mass is 10.0. The number of nitrogens with one attached hydrogen (secondary N) is 1. The first kappa shape index (κ1) is 15.4. The Morgan fingerprint density at radius 1 is 1.38 bits per heavy atom. The second-order valence-corrected chi connectivity index (χ2v) is 5.51. The van der Waals surface area contributed by atoms with E-state index in [1.54, 1.807) is 24.4 Å². The minimum atomic E-state index is -0.872. The zero-order valence-electron chi connectivity index (χ0n) is 12.1. The largest absolute Gasteiger partial charge is 0.480 e. The van der Waals surface area contributed by atoms with Crippen molar-refractivity contribution in [2.45, 2.75) is 32.9 Å². The number of aromatic nitrogens is 1. The Morgan fingerprint density at radius 2 is 2.14 bits per heavy atom. The smallest absolute Gasteiger partial charge is 0.320 e. The third-order valence-corrected chi connectivity index (χ3v) is 3.34. The standard InChI is InChI=1S/C16H19FN2O2/c1-10(2)8-14(16(20)21)19-9-11-5-6-13(17)12-4-3-7-18-15(11)12/h3-7,10,14,19H,8-9H2,1-2H3,(H,20,21). The van der Waals surface area contributed by atoms with E-state index in [1.807, 2.05) is 13.8 Å². The van der Waals surface area contributed by atoms with Gasteiger partial charge < -0.3 is 10.4 Å². The summed E-state index contributed by atoms with van der Waals surface area (Å²) in [6.07, 6.45) is 2.15. The second kappa shape index (κ2) is 6.63. The summed E-state index contributed by atoms with van der Waals surface area (Å²) in [7, 11) is 0. The topological polar surface area (TPSA) is 62.2 Å². The SMILES string of the molecule is CC(C)CC(NCc1ccc(F)c2cccnc12)C(=O)O. The van der Waals surface area contributed by atoms with Gasteiger partial charge in [0.2, 0.25) is 0 Å². The van der Waals surface area contributed by atoms with Gasteiger partial charge in [0.25, 0.3) is 0 Å². The van der Waals surface area contributed by atoms with E-state index in [0.29, 0.717) is 23.9 Å². The van der Waals surface area contributed by atoms with Gasteiger partial charge in [0, 0.05) is 18.1 Å². The summed E-state index contributed by atoms with van der Waals surface area (Å²) in [6.45, 7) is 4.30. The number of aliphatic carboxylic acids is 1. The maximum Gasteiger partial charge on any atom is 0.320 e. The summed E-state index contributed by atoms with van der Waals surface area (Å²) >= 11 is 0. The maximum absolute atomic E-state index is 13.7. The molecule has 112 valence electrons. The molecule has 1 unspecified atom stereocenters. The van der Waals surface area contributed by atoms with E-state index in [2.05, 4.69) is 10.3 Å². The Bertz CT molecular complexity index is 643. The maximum atomic E-state index is 13.7. The average Bonchev–Trinajstić information content (AvgIpc) is 2.45. The summed E-state index contributed by atoms with van der Waals surface area (Å²) in [5, 5.41) is 12.7. The van der Waals surface area contributed by atoms with Crippen molar-refractivity contribution in [2.24, 2.45) is 5.92 Å². The van der Waals surface area contributed by atoms with Gasteiger partial charge >= 0.3 is 5.97 Å². The predicted molar refractivity (Wildman–Crippen MR) is 79.4 cm³/mol. The lowest BCUT2D eigenvalue weighted by Gasteiger charge is -2.17. The van der Waals surface area contributed by atoms with Gasteiger partial charge in [-0.25, -0.2) is 4.39 Å². The molecular formula is C16H19FN2O2. The van der Waals surface area contributed by atoms with Crippen LogP contribution >= 0.6 is 0 Å². The predicted octanol–water partition coefficient (Wildman–Crippen LogP) is 2.96. The summed E-state index contributed by atoms with van der Waals surface area (Å²) in [5.74, 6) is -0.913. The molecule has 21 heavy (non-hydrogen) atoms. The minimum Gasteiger partial charge on any atom is -0.480 e. The first-order valence-corrected chi connectivity index (χ1v) is 6.97. The lowest BCUT2D eigenvalue weighted by molar-refractivity contribution is -0.140. The van der Waals surface area contributed by atoms with Crippen LogP contribution in [0.25, 0.3) is 10.9 Å². The molecule has 0 bridgehead atoms. The van der Waals surface area contributed by atoms with E-state index >= 15 is 0 Å². The molecule has 0 saturated heterocycles. The summed E-state index contributed by atoms with van der Waals surface area (Å²) in [6, 6.07) is 5.77. The summed E-state index contributed by atoms with van der Waals surface area (Å²) in [4.78, 5) is 15.4. The number of carboxylic acids is 1. The van der Waals surface area contributed by atoms with Crippen LogP contribution < -0.4 is 5.32 Å². The van der Waals surface area contributed by atoms with Crippen molar-refractivity contribution in [1.29, 1.82) is 0 Å². The highest BCUT2D eigenvalue weighted by Crippen LogP contribution is 2.19. The van der Waals surface area contributed by atoms with E-state index in [9.17, 15) is 14.3 Å². The van der Waals surface area contributed by atoms with Crippen LogP contribution in [-0.4, -0.2) is 22.1 Å². The molecule has 0 radical (unpaired) electrons. The highest BCUT2D eigenvalue weighted by molar-refractivity contribution is 5.82. The van der Waals surface area contributed by atoms with Crippen molar-refractivity contribution in [3.63, 3.8) is 0 Å². The molecule has 0 spiro atoms. The van der Waals surface area contributed by atoms with Crippen LogP contribution in [0, 0.1) is 11.7 Å². The zero-order valence-corrected chi connectivity index (χ0v) is 12.1. The van der Waals surface area contributed by atoms with E-state index in [0.717, 1.165) is 5.56 Å². The zero-order chi connectivity index (χ0) is 15.4. The number of pyridine rings is 1. The molecule has 1 heterocycles. The van der Waals surface area contributed by atoms with Crippen molar-refractivity contribution < 1.29 is 14.3 Å². The number of benzene rings is 1. The number of halogens is 1. The van der Waals surface area contributed by atoms with Crippen LogP contribution in [-0.2, 0) is 11.3 Å². The first-order chi connectivity index (χ1) is 9.99. The Balaban J connectivity index is 2.20. The quantitative estimate of drug-likeness (QED) is 0.858. The van der Waals surface area contributed by atoms with Gasteiger partial charge in [0.05, 0.1) is 5.52 Å². The monoisotopic (exact) mass is 290 g/mol. The lowest BCUT2D eigenvalue weighted by Crippen LogP contribution is -2.37. The normalized spacial score (nSPS) is 12.8. The summed E-state index contributed by atoms with van der Waals surface area (Å²) in [5.41, 5.74) is 1.36. The molecule has 2 rings (SSSR count). The fourth-order valence-corrected chi connectivity index (χ4v) is 2.32. The Labute approximate surface area is 123 Å². The number of hydrogen-bond acceptors (Lipinski definition) is 3. The van der Waals surface area contributed by atoms with Crippen molar-refractivity contribution in [3.05, 3.63) is 41.8 Å². The van der Waals surface area contributed by atoms with E-state index in [4.69, 9.17) is 0 Å². The van der Waals surface area contributed by atoms with E-state index in [1.165, 1.54) is 6.07 Å². The molecule has 1 aromatic heterocycles. The molecular weight excluding hydrogens is 271 g/mol. The molecule has 1 aromatic carbocycles. The van der Waals surface area contributed by atoms with Crippen LogP contribution in [0.5, 0.6) is 0 Å². The van der Waals surface area contributed by atoms with Crippen molar-refractivity contribution in [1.82, 2.24) is 10.3 Å². The van der Waals surface area contributed by atoms with Crippen LogP contribution in [0.1, 0.15) is 25.8 Å². The van der Waals surface area contributed by atoms with Crippen LogP contribution in [0.3, 0.4) is 0 Å². The van der Waals surface area contributed by atoms with Crippen molar-refractivity contribution >= 4 is 16.9 Å². The molecule has 4 nitrogen and oxygen atoms in total. The second-order valence-electron chi connectivity index (χ2n) is 5.51.